The summed E-state index contributed by atoms with van der Waals surface area (Å²) in [6.07, 6.45) is 1.80. The maximum Gasteiger partial charge on any atom is 0.366 e. The topological polar surface area (TPSA) is 35.5 Å². The van der Waals surface area contributed by atoms with E-state index in [0.717, 1.165) is 0 Å². The van der Waals surface area contributed by atoms with E-state index in [2.05, 4.69) is 6.58 Å². The molecule has 0 aliphatic rings. The summed E-state index contributed by atoms with van der Waals surface area (Å²) >= 11 is 1.30. The van der Waals surface area contributed by atoms with Gasteiger partial charge in [0.25, 0.3) is 0 Å². The van der Waals surface area contributed by atoms with Gasteiger partial charge in [0.15, 0.2) is 0 Å². The van der Waals surface area contributed by atoms with Crippen LogP contribution in [0.25, 0.3) is 0 Å². The maximum absolute atomic E-state index is 11.8. The summed E-state index contributed by atoms with van der Waals surface area (Å²) in [4.78, 5) is 0. The van der Waals surface area contributed by atoms with Crippen molar-refractivity contribution in [2.45, 2.75) is 13.8 Å². The molecule has 0 saturated heterocycles. The molecule has 0 bridgehead atoms. The third-order valence-electron chi connectivity index (χ3n) is 1.14. The average molecular weight is 210 g/mol. The Balaban J connectivity index is 4.38. The van der Waals surface area contributed by atoms with Crippen molar-refractivity contribution in [2.24, 2.45) is 0 Å². The Morgan fingerprint density at radius 1 is 1.42 bits per heavy atom. The zero-order valence-electron chi connectivity index (χ0n) is 7.70. The molecule has 0 aromatic rings. The van der Waals surface area contributed by atoms with Crippen molar-refractivity contribution in [3.05, 3.63) is 11.2 Å². The molecule has 0 spiro atoms. The number of hydrogen-bond donors (Lipinski definition) is 0. The lowest BCUT2D eigenvalue weighted by Crippen LogP contribution is -1.95. The lowest BCUT2D eigenvalue weighted by molar-refractivity contribution is 0.228. The SMILES string of the molecule is C=C(SC)P(=O)(OCC)OCC. The third-order valence-corrected chi connectivity index (χ3v) is 4.64. The molecule has 0 rings (SSSR count). The molecule has 0 aromatic carbocycles. The molecule has 0 aromatic heterocycles. The normalized spacial score (nSPS) is 11.6. The van der Waals surface area contributed by atoms with E-state index >= 15 is 0 Å². The molecule has 0 atom stereocenters. The van der Waals surface area contributed by atoms with Gasteiger partial charge >= 0.3 is 7.60 Å². The van der Waals surface area contributed by atoms with Gasteiger partial charge in [0, 0.05) is 0 Å². The standard InChI is InChI=1S/C7H15O3PS/c1-5-9-11(8,10-6-2)7(3)12-4/h3,5-6H2,1-2,4H3. The summed E-state index contributed by atoms with van der Waals surface area (Å²) in [5, 5.41) is 0. The molecule has 0 aliphatic heterocycles. The first-order valence-electron chi connectivity index (χ1n) is 3.73. The molecule has 0 fully saturated rings. The van der Waals surface area contributed by atoms with Crippen LogP contribution in [-0.4, -0.2) is 19.5 Å². The van der Waals surface area contributed by atoms with Gasteiger partial charge in [0.2, 0.25) is 0 Å². The second-order valence-electron chi connectivity index (χ2n) is 1.93. The van der Waals surface area contributed by atoms with E-state index in [4.69, 9.17) is 9.05 Å². The second kappa shape index (κ2) is 5.81. The van der Waals surface area contributed by atoms with Crippen molar-refractivity contribution in [1.29, 1.82) is 0 Å². The van der Waals surface area contributed by atoms with Crippen molar-refractivity contribution in [1.82, 2.24) is 0 Å². The van der Waals surface area contributed by atoms with Crippen LogP contribution in [-0.2, 0) is 13.6 Å². The quantitative estimate of drug-likeness (QED) is 0.631. The summed E-state index contributed by atoms with van der Waals surface area (Å²) in [6.45, 7) is 7.93. The van der Waals surface area contributed by atoms with Crippen molar-refractivity contribution in [2.75, 3.05) is 19.5 Å². The molecule has 0 heterocycles. The summed E-state index contributed by atoms with van der Waals surface area (Å²) in [5.41, 5.74) is 0. The van der Waals surface area contributed by atoms with Gasteiger partial charge < -0.3 is 9.05 Å². The predicted molar refractivity (Wildman–Crippen MR) is 53.5 cm³/mol. The second-order valence-corrected chi connectivity index (χ2v) is 5.19. The van der Waals surface area contributed by atoms with Crippen molar-refractivity contribution < 1.29 is 13.6 Å². The lowest BCUT2D eigenvalue weighted by atomic mass is 10.9. The van der Waals surface area contributed by atoms with Crippen LogP contribution >= 0.6 is 19.4 Å². The van der Waals surface area contributed by atoms with Gasteiger partial charge in [-0.25, -0.2) is 0 Å². The van der Waals surface area contributed by atoms with E-state index in [0.29, 0.717) is 17.9 Å². The van der Waals surface area contributed by atoms with Crippen LogP contribution in [0.3, 0.4) is 0 Å². The molecule has 12 heavy (non-hydrogen) atoms. The monoisotopic (exact) mass is 210 g/mol. The number of hydrogen-bond acceptors (Lipinski definition) is 4. The van der Waals surface area contributed by atoms with E-state index in [1.165, 1.54) is 11.8 Å². The first kappa shape index (κ1) is 12.2. The summed E-state index contributed by atoms with van der Waals surface area (Å²) < 4.78 is 22.3. The van der Waals surface area contributed by atoms with Gasteiger partial charge in [-0.3, -0.25) is 4.57 Å². The minimum absolute atomic E-state index is 0.372. The minimum Gasteiger partial charge on any atom is -0.305 e. The van der Waals surface area contributed by atoms with Crippen molar-refractivity contribution in [3.8, 4) is 0 Å². The molecule has 3 nitrogen and oxygen atoms in total. The maximum atomic E-state index is 11.8. The molecule has 0 amide bonds. The third kappa shape index (κ3) is 3.31. The minimum atomic E-state index is -3.04. The molecular formula is C7H15O3PS. The van der Waals surface area contributed by atoms with Crippen LogP contribution in [0, 0.1) is 0 Å². The average Bonchev–Trinajstić information content (AvgIpc) is 2.04. The Morgan fingerprint density at radius 3 is 2.08 bits per heavy atom. The van der Waals surface area contributed by atoms with Gasteiger partial charge in [-0.15, -0.1) is 11.8 Å². The molecule has 0 radical (unpaired) electrons. The molecule has 0 N–H and O–H groups in total. The van der Waals surface area contributed by atoms with Crippen LogP contribution in [0.5, 0.6) is 0 Å². The zero-order valence-corrected chi connectivity index (χ0v) is 9.41. The van der Waals surface area contributed by atoms with Crippen LogP contribution in [0.2, 0.25) is 0 Å². The van der Waals surface area contributed by atoms with Crippen LogP contribution in [0.15, 0.2) is 11.2 Å². The highest BCUT2D eigenvalue weighted by Crippen LogP contribution is 2.58. The van der Waals surface area contributed by atoms with E-state index in [-0.39, 0.29) is 0 Å². The van der Waals surface area contributed by atoms with Crippen molar-refractivity contribution in [3.63, 3.8) is 0 Å². The smallest absolute Gasteiger partial charge is 0.305 e. The summed E-state index contributed by atoms with van der Waals surface area (Å²) in [5.74, 6) is 0. The first-order valence-corrected chi connectivity index (χ1v) is 6.50. The number of rotatable bonds is 6. The highest BCUT2D eigenvalue weighted by molar-refractivity contribution is 8.09. The zero-order chi connectivity index (χ0) is 9.61. The summed E-state index contributed by atoms with van der Waals surface area (Å²) in [6, 6.07) is 0. The van der Waals surface area contributed by atoms with E-state index in [9.17, 15) is 4.57 Å². The van der Waals surface area contributed by atoms with Crippen LogP contribution in [0.1, 0.15) is 13.8 Å². The van der Waals surface area contributed by atoms with Gasteiger partial charge in [-0.1, -0.05) is 6.58 Å². The van der Waals surface area contributed by atoms with Gasteiger partial charge in [-0.2, -0.15) is 0 Å². The Hall–Kier alpha value is 0.240. The Bertz CT molecular complexity index is 183. The van der Waals surface area contributed by atoms with Gasteiger partial charge in [0.1, 0.15) is 0 Å². The fourth-order valence-electron chi connectivity index (χ4n) is 0.633. The molecule has 72 valence electrons. The first-order chi connectivity index (χ1) is 5.60. The Labute approximate surface area is 78.1 Å². The predicted octanol–water partition coefficient (Wildman–Crippen LogP) is 3.09. The van der Waals surface area contributed by atoms with Gasteiger partial charge in [0.05, 0.1) is 17.9 Å². The Kier molecular flexibility index (Phi) is 5.93. The van der Waals surface area contributed by atoms with Crippen LogP contribution < -0.4 is 0 Å². The summed E-state index contributed by atoms with van der Waals surface area (Å²) in [7, 11) is -3.04. The van der Waals surface area contributed by atoms with Crippen LogP contribution in [0.4, 0.5) is 0 Å². The van der Waals surface area contributed by atoms with E-state index in [1.807, 2.05) is 0 Å². The van der Waals surface area contributed by atoms with Gasteiger partial charge in [-0.05, 0) is 20.1 Å². The molecular weight excluding hydrogens is 195 g/mol. The van der Waals surface area contributed by atoms with Crippen molar-refractivity contribution >= 4 is 19.4 Å². The Morgan fingerprint density at radius 2 is 1.83 bits per heavy atom. The molecule has 0 aliphatic carbocycles. The van der Waals surface area contributed by atoms with E-state index in [1.54, 1.807) is 20.1 Å². The molecule has 0 unspecified atom stereocenters. The van der Waals surface area contributed by atoms with E-state index < -0.39 is 7.60 Å². The molecule has 5 heteroatoms. The lowest BCUT2D eigenvalue weighted by Gasteiger charge is -2.17. The number of thioether (sulfide) groups is 1. The fraction of sp³-hybridized carbons (Fsp3) is 0.714. The molecule has 0 saturated carbocycles. The highest BCUT2D eigenvalue weighted by Gasteiger charge is 2.26. The fourth-order valence-corrected chi connectivity index (χ4v) is 2.89. The largest absolute Gasteiger partial charge is 0.366 e. The highest BCUT2D eigenvalue weighted by atomic mass is 32.2.